The van der Waals surface area contributed by atoms with Crippen LogP contribution in [0.15, 0.2) is 35.2 Å². The molecule has 18 heavy (non-hydrogen) atoms. The van der Waals surface area contributed by atoms with Gasteiger partial charge < -0.3 is 20.1 Å². The first-order valence-corrected chi connectivity index (χ1v) is 6.19. The monoisotopic (exact) mass is 311 g/mol. The predicted octanol–water partition coefficient (Wildman–Crippen LogP) is 1.64. The molecule has 0 radical (unpaired) electrons. The lowest BCUT2D eigenvalue weighted by atomic mass is 10.2. The number of halogens is 1. The Morgan fingerprint density at radius 3 is 2.94 bits per heavy atom. The minimum absolute atomic E-state index is 0.122. The van der Waals surface area contributed by atoms with Gasteiger partial charge in [0.2, 0.25) is 0 Å². The van der Waals surface area contributed by atoms with Crippen molar-refractivity contribution < 1.29 is 9.84 Å². The summed E-state index contributed by atoms with van der Waals surface area (Å²) < 4.78 is 7.87. The smallest absolute Gasteiger partial charge is 0.133 e. The molecule has 0 aliphatic carbocycles. The van der Waals surface area contributed by atoms with E-state index < -0.39 is 6.04 Å². The second-order valence-electron chi connectivity index (χ2n) is 3.80. The molecular weight excluding hydrogens is 298 g/mol. The van der Waals surface area contributed by atoms with Crippen molar-refractivity contribution in [3.63, 3.8) is 0 Å². The SMILES string of the molecule is COc1ccc(-n2cncc2C(N)CO)cc1Br. The summed E-state index contributed by atoms with van der Waals surface area (Å²) in [4.78, 5) is 4.07. The third kappa shape index (κ3) is 2.40. The third-order valence-corrected chi connectivity index (χ3v) is 3.28. The Bertz CT molecular complexity index is 542. The lowest BCUT2D eigenvalue weighted by Crippen LogP contribution is -2.18. The Labute approximate surface area is 113 Å². The van der Waals surface area contributed by atoms with E-state index in [9.17, 15) is 0 Å². The van der Waals surface area contributed by atoms with Gasteiger partial charge in [-0.25, -0.2) is 4.98 Å². The summed E-state index contributed by atoms with van der Waals surface area (Å²) in [6.07, 6.45) is 3.32. The summed E-state index contributed by atoms with van der Waals surface area (Å²) >= 11 is 3.43. The van der Waals surface area contributed by atoms with Crippen LogP contribution in [0.2, 0.25) is 0 Å². The fraction of sp³-hybridized carbons (Fsp3) is 0.250. The lowest BCUT2D eigenvalue weighted by Gasteiger charge is -2.13. The number of hydrogen-bond acceptors (Lipinski definition) is 4. The Hall–Kier alpha value is -1.37. The van der Waals surface area contributed by atoms with Gasteiger partial charge in [0.05, 0.1) is 42.4 Å². The Morgan fingerprint density at radius 2 is 2.33 bits per heavy atom. The van der Waals surface area contributed by atoms with Crippen LogP contribution >= 0.6 is 15.9 Å². The van der Waals surface area contributed by atoms with Gasteiger partial charge >= 0.3 is 0 Å². The van der Waals surface area contributed by atoms with Crippen LogP contribution in [0.1, 0.15) is 11.7 Å². The molecule has 1 aromatic heterocycles. The highest BCUT2D eigenvalue weighted by molar-refractivity contribution is 9.10. The quantitative estimate of drug-likeness (QED) is 0.900. The third-order valence-electron chi connectivity index (χ3n) is 2.66. The molecule has 6 heteroatoms. The van der Waals surface area contributed by atoms with Gasteiger partial charge in [0.25, 0.3) is 0 Å². The van der Waals surface area contributed by atoms with Crippen molar-refractivity contribution in [2.45, 2.75) is 6.04 Å². The Kier molecular flexibility index (Phi) is 4.00. The number of aliphatic hydroxyl groups is 1. The molecule has 0 saturated heterocycles. The summed E-state index contributed by atoms with van der Waals surface area (Å²) in [6, 6.07) is 5.22. The van der Waals surface area contributed by atoms with Crippen LogP contribution in [0.4, 0.5) is 0 Å². The number of aromatic nitrogens is 2. The summed E-state index contributed by atoms with van der Waals surface area (Å²) in [7, 11) is 1.62. The maximum atomic E-state index is 9.12. The van der Waals surface area contributed by atoms with E-state index in [1.807, 2.05) is 22.8 Å². The summed E-state index contributed by atoms with van der Waals surface area (Å²) in [5.74, 6) is 0.756. The Balaban J connectivity index is 2.43. The molecule has 1 unspecified atom stereocenters. The van der Waals surface area contributed by atoms with Gasteiger partial charge in [-0.3, -0.25) is 0 Å². The van der Waals surface area contributed by atoms with E-state index >= 15 is 0 Å². The molecule has 2 rings (SSSR count). The van der Waals surface area contributed by atoms with Gasteiger partial charge in [-0.1, -0.05) is 0 Å². The first-order valence-electron chi connectivity index (χ1n) is 5.40. The topological polar surface area (TPSA) is 73.3 Å². The molecule has 0 aliphatic heterocycles. The van der Waals surface area contributed by atoms with Crippen LogP contribution in [0.5, 0.6) is 5.75 Å². The number of benzene rings is 1. The fourth-order valence-corrected chi connectivity index (χ4v) is 2.22. The zero-order chi connectivity index (χ0) is 13.1. The number of nitrogens with zero attached hydrogens (tertiary/aromatic N) is 2. The Morgan fingerprint density at radius 1 is 1.56 bits per heavy atom. The summed E-state index contributed by atoms with van der Waals surface area (Å²) in [6.45, 7) is -0.122. The number of nitrogens with two attached hydrogens (primary N) is 1. The van der Waals surface area contributed by atoms with E-state index in [0.29, 0.717) is 0 Å². The van der Waals surface area contributed by atoms with Crippen LogP contribution in [0.3, 0.4) is 0 Å². The molecule has 96 valence electrons. The van der Waals surface area contributed by atoms with Gasteiger partial charge in [0.1, 0.15) is 5.75 Å². The highest BCUT2D eigenvalue weighted by Gasteiger charge is 2.12. The molecule has 5 nitrogen and oxygen atoms in total. The lowest BCUT2D eigenvalue weighted by molar-refractivity contribution is 0.265. The number of methoxy groups -OCH3 is 1. The van der Waals surface area contributed by atoms with Crippen molar-refractivity contribution >= 4 is 15.9 Å². The number of rotatable bonds is 4. The highest BCUT2D eigenvalue weighted by atomic mass is 79.9. The molecule has 0 fully saturated rings. The van der Waals surface area contributed by atoms with Crippen molar-refractivity contribution in [3.8, 4) is 11.4 Å². The van der Waals surface area contributed by atoms with Crippen LogP contribution in [0, 0.1) is 0 Å². The zero-order valence-electron chi connectivity index (χ0n) is 9.88. The van der Waals surface area contributed by atoms with Gasteiger partial charge in [-0.2, -0.15) is 0 Å². The molecule has 1 atom stereocenters. The van der Waals surface area contributed by atoms with Crippen molar-refractivity contribution in [2.75, 3.05) is 13.7 Å². The second kappa shape index (κ2) is 5.51. The van der Waals surface area contributed by atoms with E-state index in [-0.39, 0.29) is 6.61 Å². The van der Waals surface area contributed by atoms with Crippen LogP contribution in [-0.2, 0) is 0 Å². The number of aliphatic hydroxyl groups excluding tert-OH is 1. The van der Waals surface area contributed by atoms with Crippen molar-refractivity contribution in [3.05, 3.63) is 40.9 Å². The standard InChI is InChI=1S/C12H14BrN3O2/c1-18-12-3-2-8(4-9(12)13)16-7-15-5-11(16)10(14)6-17/h2-5,7,10,17H,6,14H2,1H3. The van der Waals surface area contributed by atoms with Crippen molar-refractivity contribution in [1.82, 2.24) is 9.55 Å². The maximum absolute atomic E-state index is 9.12. The first kappa shape index (κ1) is 13.1. The van der Waals surface area contributed by atoms with E-state index in [2.05, 4.69) is 20.9 Å². The molecule has 2 aromatic rings. The van der Waals surface area contributed by atoms with Crippen molar-refractivity contribution in [1.29, 1.82) is 0 Å². The maximum Gasteiger partial charge on any atom is 0.133 e. The second-order valence-corrected chi connectivity index (χ2v) is 4.65. The normalized spacial score (nSPS) is 12.4. The van der Waals surface area contributed by atoms with Crippen molar-refractivity contribution in [2.24, 2.45) is 5.73 Å². The van der Waals surface area contributed by atoms with Crippen LogP contribution in [-0.4, -0.2) is 28.4 Å². The molecule has 3 N–H and O–H groups in total. The van der Waals surface area contributed by atoms with E-state index in [1.165, 1.54) is 0 Å². The summed E-state index contributed by atoms with van der Waals surface area (Å²) in [5, 5.41) is 9.12. The molecule has 0 saturated carbocycles. The van der Waals surface area contributed by atoms with Gasteiger partial charge in [0.15, 0.2) is 0 Å². The van der Waals surface area contributed by atoms with Gasteiger partial charge in [-0.15, -0.1) is 0 Å². The molecule has 0 bridgehead atoms. The average molecular weight is 312 g/mol. The van der Waals surface area contributed by atoms with E-state index in [1.54, 1.807) is 19.6 Å². The van der Waals surface area contributed by atoms with E-state index in [0.717, 1.165) is 21.6 Å². The highest BCUT2D eigenvalue weighted by Crippen LogP contribution is 2.28. The van der Waals surface area contributed by atoms with Gasteiger partial charge in [0, 0.05) is 5.69 Å². The largest absolute Gasteiger partial charge is 0.496 e. The number of imidazole rings is 1. The number of ether oxygens (including phenoxy) is 1. The van der Waals surface area contributed by atoms with E-state index in [4.69, 9.17) is 15.6 Å². The first-order chi connectivity index (χ1) is 8.67. The minimum atomic E-state index is -0.451. The molecule has 0 spiro atoms. The molecule has 0 amide bonds. The average Bonchev–Trinajstić information content (AvgIpc) is 2.86. The van der Waals surface area contributed by atoms with Crippen LogP contribution < -0.4 is 10.5 Å². The molecule has 0 aliphatic rings. The fourth-order valence-electron chi connectivity index (χ4n) is 1.69. The molecule has 1 heterocycles. The van der Waals surface area contributed by atoms with Crippen LogP contribution in [0.25, 0.3) is 5.69 Å². The molecular formula is C12H14BrN3O2. The predicted molar refractivity (Wildman–Crippen MR) is 71.8 cm³/mol. The number of hydrogen-bond donors (Lipinski definition) is 2. The molecule has 1 aromatic carbocycles. The van der Waals surface area contributed by atoms with Gasteiger partial charge in [-0.05, 0) is 34.1 Å². The minimum Gasteiger partial charge on any atom is -0.496 e. The zero-order valence-corrected chi connectivity index (χ0v) is 11.5. The summed E-state index contributed by atoms with van der Waals surface area (Å²) in [5.41, 5.74) is 7.48.